The van der Waals surface area contributed by atoms with E-state index in [-0.39, 0.29) is 24.5 Å². The molecule has 1 heterocycles. The Morgan fingerprint density at radius 3 is 2.75 bits per heavy atom. The molecule has 2 amide bonds. The third-order valence-corrected chi connectivity index (χ3v) is 4.39. The second kappa shape index (κ2) is 8.68. The summed E-state index contributed by atoms with van der Waals surface area (Å²) in [7, 11) is 0. The molecule has 1 aromatic rings. The summed E-state index contributed by atoms with van der Waals surface area (Å²) in [6, 6.07) is 8.58. The van der Waals surface area contributed by atoms with Gasteiger partial charge >= 0.3 is 0 Å². The molecule has 6 nitrogen and oxygen atoms in total. The molecule has 24 heavy (non-hydrogen) atoms. The van der Waals surface area contributed by atoms with Gasteiger partial charge in [-0.25, -0.2) is 0 Å². The van der Waals surface area contributed by atoms with Crippen molar-refractivity contribution in [2.45, 2.75) is 38.8 Å². The van der Waals surface area contributed by atoms with Crippen LogP contribution in [0.4, 0.5) is 0 Å². The number of likely N-dealkylation sites (tertiary alicyclic amines) is 1. The number of nitrogens with two attached hydrogens (primary N) is 1. The van der Waals surface area contributed by atoms with E-state index in [4.69, 9.17) is 10.5 Å². The molecule has 3 unspecified atom stereocenters. The summed E-state index contributed by atoms with van der Waals surface area (Å²) in [6.45, 7) is 4.92. The summed E-state index contributed by atoms with van der Waals surface area (Å²) in [5, 5.41) is 2.71. The number of carbonyl (C=O) groups excluding carboxylic acids is 2. The molecule has 3 atom stereocenters. The third kappa shape index (κ3) is 4.96. The van der Waals surface area contributed by atoms with Crippen LogP contribution in [0.25, 0.3) is 0 Å². The summed E-state index contributed by atoms with van der Waals surface area (Å²) in [5.74, 6) is 0.811. The van der Waals surface area contributed by atoms with E-state index < -0.39 is 6.04 Å². The topological polar surface area (TPSA) is 84.7 Å². The Hall–Kier alpha value is -2.08. The summed E-state index contributed by atoms with van der Waals surface area (Å²) < 4.78 is 5.39. The first-order valence-corrected chi connectivity index (χ1v) is 8.49. The second-order valence-corrected chi connectivity index (χ2v) is 6.44. The lowest BCUT2D eigenvalue weighted by Gasteiger charge is -2.39. The van der Waals surface area contributed by atoms with Crippen molar-refractivity contribution in [1.29, 1.82) is 0 Å². The van der Waals surface area contributed by atoms with Gasteiger partial charge in [0, 0.05) is 19.1 Å². The Bertz CT molecular complexity index is 550. The summed E-state index contributed by atoms with van der Waals surface area (Å²) in [4.78, 5) is 26.4. The van der Waals surface area contributed by atoms with Crippen LogP contribution in [0.2, 0.25) is 0 Å². The molecule has 1 aliphatic rings. The first kappa shape index (κ1) is 18.3. The van der Waals surface area contributed by atoms with Gasteiger partial charge in [0.25, 0.3) is 5.91 Å². The lowest BCUT2D eigenvalue weighted by atomic mass is 9.92. The van der Waals surface area contributed by atoms with Gasteiger partial charge in [0.2, 0.25) is 5.91 Å². The smallest absolute Gasteiger partial charge is 0.258 e. The standard InChI is InChI=1S/C18H27N3O3/c1-13-8-9-21(15(10-13)11-19)18(23)14(2)20-17(22)12-24-16-6-4-3-5-7-16/h3-7,13-15H,8-12,19H2,1-2H3,(H,20,22). The lowest BCUT2D eigenvalue weighted by Crippen LogP contribution is -2.55. The summed E-state index contributed by atoms with van der Waals surface area (Å²) in [5.41, 5.74) is 5.81. The largest absolute Gasteiger partial charge is 0.484 e. The van der Waals surface area contributed by atoms with Gasteiger partial charge < -0.3 is 20.7 Å². The normalized spacial score (nSPS) is 21.9. The number of piperidine rings is 1. The van der Waals surface area contributed by atoms with E-state index in [9.17, 15) is 9.59 Å². The maximum absolute atomic E-state index is 12.6. The van der Waals surface area contributed by atoms with Crippen molar-refractivity contribution in [2.75, 3.05) is 19.7 Å². The Labute approximate surface area is 143 Å². The van der Waals surface area contributed by atoms with Gasteiger partial charge in [-0.15, -0.1) is 0 Å². The molecule has 2 rings (SSSR count). The zero-order valence-corrected chi connectivity index (χ0v) is 14.4. The zero-order valence-electron chi connectivity index (χ0n) is 14.4. The molecule has 6 heteroatoms. The van der Waals surface area contributed by atoms with Crippen molar-refractivity contribution in [2.24, 2.45) is 11.7 Å². The molecule has 1 fully saturated rings. The Morgan fingerprint density at radius 1 is 1.38 bits per heavy atom. The molecule has 1 aromatic carbocycles. The van der Waals surface area contributed by atoms with Crippen molar-refractivity contribution in [1.82, 2.24) is 10.2 Å². The number of benzene rings is 1. The Balaban J connectivity index is 1.83. The second-order valence-electron chi connectivity index (χ2n) is 6.44. The number of carbonyl (C=O) groups is 2. The molecule has 0 aliphatic carbocycles. The van der Waals surface area contributed by atoms with Crippen LogP contribution >= 0.6 is 0 Å². The van der Waals surface area contributed by atoms with E-state index >= 15 is 0 Å². The molecular formula is C18H27N3O3. The quantitative estimate of drug-likeness (QED) is 0.818. The first-order chi connectivity index (χ1) is 11.5. The van der Waals surface area contributed by atoms with Gasteiger partial charge in [0.05, 0.1) is 0 Å². The Morgan fingerprint density at radius 2 is 2.08 bits per heavy atom. The van der Waals surface area contributed by atoms with Gasteiger partial charge in [-0.1, -0.05) is 25.1 Å². The highest BCUT2D eigenvalue weighted by atomic mass is 16.5. The highest BCUT2D eigenvalue weighted by molar-refractivity contribution is 5.88. The number of amides is 2. The molecular weight excluding hydrogens is 306 g/mol. The van der Waals surface area contributed by atoms with Crippen LogP contribution in [0.15, 0.2) is 30.3 Å². The SMILES string of the molecule is CC1CCN(C(=O)C(C)NC(=O)COc2ccccc2)C(CN)C1. The predicted molar refractivity (Wildman–Crippen MR) is 92.5 cm³/mol. The lowest BCUT2D eigenvalue weighted by molar-refractivity contribution is -0.139. The van der Waals surface area contributed by atoms with Gasteiger partial charge in [-0.3, -0.25) is 9.59 Å². The van der Waals surface area contributed by atoms with E-state index in [0.29, 0.717) is 24.8 Å². The number of rotatable bonds is 6. The van der Waals surface area contributed by atoms with Crippen molar-refractivity contribution in [3.8, 4) is 5.75 Å². The first-order valence-electron chi connectivity index (χ1n) is 8.49. The van der Waals surface area contributed by atoms with Crippen LogP contribution in [0.5, 0.6) is 5.75 Å². The number of hydrogen-bond acceptors (Lipinski definition) is 4. The molecule has 1 aliphatic heterocycles. The fourth-order valence-corrected chi connectivity index (χ4v) is 3.02. The van der Waals surface area contributed by atoms with Gasteiger partial charge in [0.15, 0.2) is 6.61 Å². The van der Waals surface area contributed by atoms with Crippen molar-refractivity contribution >= 4 is 11.8 Å². The molecule has 0 radical (unpaired) electrons. The zero-order chi connectivity index (χ0) is 17.5. The number of ether oxygens (including phenoxy) is 1. The van der Waals surface area contributed by atoms with Gasteiger partial charge in [-0.05, 0) is 37.8 Å². The molecule has 0 bridgehead atoms. The number of nitrogens with one attached hydrogen (secondary N) is 1. The highest BCUT2D eigenvalue weighted by Gasteiger charge is 2.31. The summed E-state index contributed by atoms with van der Waals surface area (Å²) in [6.07, 6.45) is 1.89. The molecule has 132 valence electrons. The van der Waals surface area contributed by atoms with E-state index in [1.165, 1.54) is 0 Å². The fourth-order valence-electron chi connectivity index (χ4n) is 3.02. The minimum atomic E-state index is -0.584. The maximum Gasteiger partial charge on any atom is 0.258 e. The fraction of sp³-hybridized carbons (Fsp3) is 0.556. The third-order valence-electron chi connectivity index (χ3n) is 4.39. The molecule has 0 aromatic heterocycles. The van der Waals surface area contributed by atoms with E-state index in [1.807, 2.05) is 23.1 Å². The van der Waals surface area contributed by atoms with Crippen molar-refractivity contribution in [3.63, 3.8) is 0 Å². The van der Waals surface area contributed by atoms with Gasteiger partial charge in [-0.2, -0.15) is 0 Å². The molecule has 1 saturated heterocycles. The van der Waals surface area contributed by atoms with E-state index in [0.717, 1.165) is 12.8 Å². The van der Waals surface area contributed by atoms with Crippen LogP contribution in [0.1, 0.15) is 26.7 Å². The van der Waals surface area contributed by atoms with Crippen LogP contribution in [-0.4, -0.2) is 48.5 Å². The van der Waals surface area contributed by atoms with Crippen LogP contribution in [-0.2, 0) is 9.59 Å². The van der Waals surface area contributed by atoms with Crippen LogP contribution < -0.4 is 15.8 Å². The average Bonchev–Trinajstić information content (AvgIpc) is 2.60. The van der Waals surface area contributed by atoms with Gasteiger partial charge in [0.1, 0.15) is 11.8 Å². The predicted octanol–water partition coefficient (Wildman–Crippen LogP) is 1.16. The number of hydrogen-bond donors (Lipinski definition) is 2. The van der Waals surface area contributed by atoms with Crippen molar-refractivity contribution in [3.05, 3.63) is 30.3 Å². The van der Waals surface area contributed by atoms with E-state index in [1.54, 1.807) is 19.1 Å². The minimum absolute atomic E-state index is 0.0566. The Kier molecular flexibility index (Phi) is 6.61. The van der Waals surface area contributed by atoms with E-state index in [2.05, 4.69) is 12.2 Å². The van der Waals surface area contributed by atoms with Crippen LogP contribution in [0, 0.1) is 5.92 Å². The highest BCUT2D eigenvalue weighted by Crippen LogP contribution is 2.22. The average molecular weight is 333 g/mol. The van der Waals surface area contributed by atoms with Crippen LogP contribution in [0.3, 0.4) is 0 Å². The monoisotopic (exact) mass is 333 g/mol. The molecule has 0 saturated carbocycles. The number of para-hydroxylation sites is 1. The molecule has 0 spiro atoms. The summed E-state index contributed by atoms with van der Waals surface area (Å²) >= 11 is 0. The number of nitrogens with zero attached hydrogens (tertiary/aromatic N) is 1. The minimum Gasteiger partial charge on any atom is -0.484 e. The maximum atomic E-state index is 12.6. The van der Waals surface area contributed by atoms with Crippen molar-refractivity contribution < 1.29 is 14.3 Å². The molecule has 3 N–H and O–H groups in total.